The van der Waals surface area contributed by atoms with Crippen molar-refractivity contribution in [2.75, 3.05) is 0 Å². The normalized spacial score (nSPS) is 9.00. The maximum Gasteiger partial charge on any atom is 0.353 e. The SMILES string of the molecule is Cc1ccc(Cl)cc1C(=O)OC#N. The summed E-state index contributed by atoms with van der Waals surface area (Å²) in [5, 5.41) is 8.57. The first-order chi connectivity index (χ1) is 6.15. The van der Waals surface area contributed by atoms with Crippen molar-refractivity contribution in [2.45, 2.75) is 6.92 Å². The molecule has 0 spiro atoms. The van der Waals surface area contributed by atoms with Crippen LogP contribution in [-0.2, 0) is 4.74 Å². The van der Waals surface area contributed by atoms with Crippen LogP contribution in [0.15, 0.2) is 18.2 Å². The predicted molar refractivity (Wildman–Crippen MR) is 47.2 cm³/mol. The van der Waals surface area contributed by atoms with Crippen LogP contribution >= 0.6 is 11.6 Å². The van der Waals surface area contributed by atoms with Crippen LogP contribution in [0.5, 0.6) is 0 Å². The Hall–Kier alpha value is -1.53. The second-order valence-corrected chi connectivity index (χ2v) is 2.88. The van der Waals surface area contributed by atoms with Gasteiger partial charge in [-0.05, 0) is 24.6 Å². The summed E-state index contributed by atoms with van der Waals surface area (Å²) < 4.78 is 4.17. The third-order valence-electron chi connectivity index (χ3n) is 1.56. The quantitative estimate of drug-likeness (QED) is 0.510. The van der Waals surface area contributed by atoms with Gasteiger partial charge in [0.25, 0.3) is 6.26 Å². The van der Waals surface area contributed by atoms with E-state index in [2.05, 4.69) is 4.74 Å². The fourth-order valence-electron chi connectivity index (χ4n) is 0.911. The highest BCUT2D eigenvalue weighted by Crippen LogP contribution is 2.15. The van der Waals surface area contributed by atoms with Crippen LogP contribution in [0.1, 0.15) is 15.9 Å². The fourth-order valence-corrected chi connectivity index (χ4v) is 1.08. The van der Waals surface area contributed by atoms with Crippen LogP contribution in [0.4, 0.5) is 0 Å². The largest absolute Gasteiger partial charge is 0.353 e. The molecule has 1 aromatic carbocycles. The summed E-state index contributed by atoms with van der Waals surface area (Å²) in [5.74, 6) is -0.678. The van der Waals surface area contributed by atoms with Gasteiger partial charge in [-0.1, -0.05) is 17.7 Å². The van der Waals surface area contributed by atoms with Crippen LogP contribution in [0.25, 0.3) is 0 Å². The number of aryl methyl sites for hydroxylation is 1. The van der Waals surface area contributed by atoms with Crippen molar-refractivity contribution < 1.29 is 9.53 Å². The molecule has 1 aromatic rings. The number of esters is 1. The summed E-state index contributed by atoms with van der Waals surface area (Å²) in [6.07, 6.45) is 1.32. The Kier molecular flexibility index (Phi) is 2.88. The molecule has 13 heavy (non-hydrogen) atoms. The van der Waals surface area contributed by atoms with Gasteiger partial charge < -0.3 is 4.74 Å². The second-order valence-electron chi connectivity index (χ2n) is 2.44. The van der Waals surface area contributed by atoms with Gasteiger partial charge in [-0.2, -0.15) is 0 Å². The van der Waals surface area contributed by atoms with E-state index in [-0.39, 0.29) is 0 Å². The lowest BCUT2D eigenvalue weighted by molar-refractivity contribution is 0.0684. The highest BCUT2D eigenvalue weighted by molar-refractivity contribution is 6.31. The van der Waals surface area contributed by atoms with Gasteiger partial charge in [0.05, 0.1) is 5.56 Å². The Morgan fingerprint density at radius 2 is 2.31 bits per heavy atom. The fraction of sp³-hybridized carbons (Fsp3) is 0.111. The molecule has 0 N–H and O–H groups in total. The van der Waals surface area contributed by atoms with Crippen LogP contribution in [0, 0.1) is 18.4 Å². The molecule has 0 heterocycles. The third-order valence-corrected chi connectivity index (χ3v) is 1.79. The smallest absolute Gasteiger partial charge is 0.347 e. The number of hydrogen-bond acceptors (Lipinski definition) is 3. The van der Waals surface area contributed by atoms with Gasteiger partial charge in [0, 0.05) is 5.02 Å². The molecule has 0 unspecified atom stereocenters. The molecule has 66 valence electrons. The molecule has 0 saturated carbocycles. The zero-order valence-electron chi connectivity index (χ0n) is 6.87. The molecule has 0 aliphatic heterocycles. The van der Waals surface area contributed by atoms with Gasteiger partial charge in [-0.3, -0.25) is 0 Å². The maximum atomic E-state index is 11.1. The molecular formula is C9H6ClNO2. The average molecular weight is 196 g/mol. The summed E-state index contributed by atoms with van der Waals surface area (Å²) >= 11 is 5.67. The van der Waals surface area contributed by atoms with Crippen molar-refractivity contribution in [1.29, 1.82) is 5.26 Å². The van der Waals surface area contributed by atoms with E-state index >= 15 is 0 Å². The highest BCUT2D eigenvalue weighted by atomic mass is 35.5. The number of ether oxygens (including phenoxy) is 1. The van der Waals surface area contributed by atoms with E-state index in [4.69, 9.17) is 16.9 Å². The maximum absolute atomic E-state index is 11.1. The van der Waals surface area contributed by atoms with Gasteiger partial charge in [0.15, 0.2) is 0 Å². The summed E-state index contributed by atoms with van der Waals surface area (Å²) in [5.41, 5.74) is 1.04. The zero-order valence-corrected chi connectivity index (χ0v) is 7.63. The Labute approximate surface area is 80.5 Å². The molecule has 0 saturated heterocycles. The summed E-state index contributed by atoms with van der Waals surface area (Å²) in [7, 11) is 0. The van der Waals surface area contributed by atoms with E-state index in [1.165, 1.54) is 12.3 Å². The lowest BCUT2D eigenvalue weighted by atomic mass is 10.1. The standard InChI is InChI=1S/C9H6ClNO2/c1-6-2-3-7(10)4-8(6)9(12)13-5-11/h2-4H,1H3. The van der Waals surface area contributed by atoms with Gasteiger partial charge in [-0.15, -0.1) is 5.26 Å². The Morgan fingerprint density at radius 3 is 2.92 bits per heavy atom. The van der Waals surface area contributed by atoms with E-state index in [1.807, 2.05) is 0 Å². The van der Waals surface area contributed by atoms with E-state index in [0.717, 1.165) is 5.56 Å². The lowest BCUT2D eigenvalue weighted by Crippen LogP contribution is -2.02. The minimum Gasteiger partial charge on any atom is -0.347 e. The summed E-state index contributed by atoms with van der Waals surface area (Å²) in [4.78, 5) is 11.1. The molecule has 0 aliphatic carbocycles. The van der Waals surface area contributed by atoms with Gasteiger partial charge >= 0.3 is 5.97 Å². The molecule has 0 radical (unpaired) electrons. The van der Waals surface area contributed by atoms with E-state index < -0.39 is 5.97 Å². The number of hydrogen-bond donors (Lipinski definition) is 0. The van der Waals surface area contributed by atoms with Crippen molar-refractivity contribution in [3.05, 3.63) is 34.3 Å². The van der Waals surface area contributed by atoms with E-state index in [0.29, 0.717) is 10.6 Å². The minimum absolute atomic E-state index is 0.314. The monoisotopic (exact) mass is 195 g/mol. The summed E-state index contributed by atoms with van der Waals surface area (Å²) in [6, 6.07) is 4.83. The Balaban J connectivity index is 3.07. The second kappa shape index (κ2) is 3.92. The number of nitriles is 1. The van der Waals surface area contributed by atoms with E-state index in [9.17, 15) is 4.79 Å². The first-order valence-corrected chi connectivity index (χ1v) is 3.89. The highest BCUT2D eigenvalue weighted by Gasteiger charge is 2.10. The van der Waals surface area contributed by atoms with Gasteiger partial charge in [-0.25, -0.2) is 4.79 Å². The molecule has 3 nitrogen and oxygen atoms in total. The molecule has 4 heteroatoms. The Bertz CT molecular complexity index is 382. The van der Waals surface area contributed by atoms with Gasteiger partial charge in [0.2, 0.25) is 0 Å². The van der Waals surface area contributed by atoms with Crippen LogP contribution in [0.2, 0.25) is 5.02 Å². The molecule has 0 bridgehead atoms. The topological polar surface area (TPSA) is 50.1 Å². The molecule has 0 aromatic heterocycles. The molecule has 0 amide bonds. The molecule has 1 rings (SSSR count). The third kappa shape index (κ3) is 2.20. The summed E-state index contributed by atoms with van der Waals surface area (Å²) in [6.45, 7) is 1.74. The van der Waals surface area contributed by atoms with Gasteiger partial charge in [0.1, 0.15) is 0 Å². The zero-order chi connectivity index (χ0) is 9.84. The van der Waals surface area contributed by atoms with Crippen LogP contribution in [0.3, 0.4) is 0 Å². The first kappa shape index (κ1) is 9.56. The van der Waals surface area contributed by atoms with Crippen molar-refractivity contribution in [2.24, 2.45) is 0 Å². The van der Waals surface area contributed by atoms with Crippen molar-refractivity contribution in [3.8, 4) is 6.26 Å². The van der Waals surface area contributed by atoms with Crippen molar-refractivity contribution in [3.63, 3.8) is 0 Å². The molecule has 0 atom stereocenters. The Morgan fingerprint density at radius 1 is 1.62 bits per heavy atom. The first-order valence-electron chi connectivity index (χ1n) is 3.51. The van der Waals surface area contributed by atoms with Crippen LogP contribution in [-0.4, -0.2) is 5.97 Å². The number of rotatable bonds is 1. The average Bonchev–Trinajstić information content (AvgIpc) is 2.09. The van der Waals surface area contributed by atoms with E-state index in [1.54, 1.807) is 19.1 Å². The molecular weight excluding hydrogens is 190 g/mol. The minimum atomic E-state index is -0.678. The predicted octanol–water partition coefficient (Wildman–Crippen LogP) is 2.29. The van der Waals surface area contributed by atoms with Crippen molar-refractivity contribution >= 4 is 17.6 Å². The van der Waals surface area contributed by atoms with Crippen molar-refractivity contribution in [1.82, 2.24) is 0 Å². The number of halogens is 1. The lowest BCUT2D eigenvalue weighted by Gasteiger charge is -2.01. The number of carbonyl (C=O) groups is 1. The number of carbonyl (C=O) groups excluding carboxylic acids is 1. The number of nitrogens with zero attached hydrogens (tertiary/aromatic N) is 1. The molecule has 0 aliphatic rings. The number of benzene rings is 1. The molecule has 0 fully saturated rings. The van der Waals surface area contributed by atoms with Crippen LogP contribution < -0.4 is 0 Å².